The molecule has 0 aliphatic carbocycles. The fourth-order valence-corrected chi connectivity index (χ4v) is 0.143. The first-order valence-electron chi connectivity index (χ1n) is 3.72. The Bertz CT molecular complexity index is 167. The van der Waals surface area contributed by atoms with Gasteiger partial charge in [-0.25, -0.2) is 9.59 Å². The van der Waals surface area contributed by atoms with E-state index < -0.39 is 11.9 Å². The summed E-state index contributed by atoms with van der Waals surface area (Å²) in [5.41, 5.74) is 0. The number of rotatable bonds is 3. The summed E-state index contributed by atoms with van der Waals surface area (Å²) in [7, 11) is 0. The molecule has 0 aromatic carbocycles. The molecular formula is C8H14O5. The van der Waals surface area contributed by atoms with Gasteiger partial charge < -0.3 is 15.3 Å². The Balaban J connectivity index is 0. The van der Waals surface area contributed by atoms with Crippen LogP contribution in [0.4, 0.5) is 0 Å². The van der Waals surface area contributed by atoms with Crippen molar-refractivity contribution in [3.8, 4) is 0 Å². The molecule has 5 nitrogen and oxygen atoms in total. The smallest absolute Gasteiger partial charge is 0.328 e. The second-order valence-corrected chi connectivity index (χ2v) is 2.27. The lowest BCUT2D eigenvalue weighted by Gasteiger charge is -1.90. The van der Waals surface area contributed by atoms with E-state index in [2.05, 4.69) is 0 Å². The van der Waals surface area contributed by atoms with Gasteiger partial charge in [0.1, 0.15) is 0 Å². The summed E-state index contributed by atoms with van der Waals surface area (Å²) in [6, 6.07) is 0. The largest absolute Gasteiger partial charge is 0.478 e. The summed E-state index contributed by atoms with van der Waals surface area (Å²) in [4.78, 5) is 19.1. The molecule has 0 aliphatic rings. The number of carboxylic acid groups (broad SMARTS) is 2. The molecule has 76 valence electrons. The van der Waals surface area contributed by atoms with Crippen LogP contribution in [-0.4, -0.2) is 33.4 Å². The van der Waals surface area contributed by atoms with Gasteiger partial charge in [-0.15, -0.1) is 0 Å². The first-order valence-corrected chi connectivity index (χ1v) is 3.72. The molecule has 1 atom stereocenters. The molecule has 5 heteroatoms. The Morgan fingerprint density at radius 2 is 1.46 bits per heavy atom. The third kappa shape index (κ3) is 25.0. The third-order valence-corrected chi connectivity index (χ3v) is 0.959. The number of carboxylic acids is 2. The first kappa shape index (κ1) is 14.2. The minimum Gasteiger partial charge on any atom is -0.478 e. The highest BCUT2D eigenvalue weighted by Crippen LogP contribution is 1.81. The van der Waals surface area contributed by atoms with Gasteiger partial charge in [-0.3, -0.25) is 0 Å². The Kier molecular flexibility index (Phi) is 9.53. The van der Waals surface area contributed by atoms with Crippen molar-refractivity contribution in [3.05, 3.63) is 12.2 Å². The number of hydrogen-bond acceptors (Lipinski definition) is 3. The standard InChI is InChI=1S/C4H4O4.C4H10O/c5-3(6)1-2-4(7)8;1-3-4(2)5/h1-2H,(H,5,6)(H,7,8);4-5H,3H2,1-2H3. The Hall–Kier alpha value is -1.36. The van der Waals surface area contributed by atoms with Crippen molar-refractivity contribution < 1.29 is 24.9 Å². The predicted molar refractivity (Wildman–Crippen MR) is 46.4 cm³/mol. The zero-order chi connectivity index (χ0) is 10.9. The maximum Gasteiger partial charge on any atom is 0.328 e. The SMILES string of the molecule is CCC(C)O.O=C(O)C=CC(=O)O. The first-order chi connectivity index (χ1) is 5.90. The van der Waals surface area contributed by atoms with E-state index in [1.165, 1.54) is 0 Å². The highest BCUT2D eigenvalue weighted by atomic mass is 16.4. The lowest BCUT2D eigenvalue weighted by Crippen LogP contribution is -1.93. The van der Waals surface area contributed by atoms with E-state index in [0.29, 0.717) is 12.2 Å². The quantitative estimate of drug-likeness (QED) is 0.563. The van der Waals surface area contributed by atoms with E-state index in [9.17, 15) is 9.59 Å². The number of aliphatic carboxylic acids is 2. The molecule has 0 radical (unpaired) electrons. The number of aliphatic hydroxyl groups excluding tert-OH is 1. The van der Waals surface area contributed by atoms with Crippen LogP contribution in [-0.2, 0) is 9.59 Å². The van der Waals surface area contributed by atoms with E-state index in [4.69, 9.17) is 15.3 Å². The molecule has 0 amide bonds. The molecule has 0 spiro atoms. The van der Waals surface area contributed by atoms with Gasteiger partial charge in [0.05, 0.1) is 6.10 Å². The van der Waals surface area contributed by atoms with Crippen LogP contribution in [0.2, 0.25) is 0 Å². The van der Waals surface area contributed by atoms with Gasteiger partial charge >= 0.3 is 11.9 Å². The summed E-state index contributed by atoms with van der Waals surface area (Å²) >= 11 is 0. The minimum atomic E-state index is -1.26. The molecule has 0 saturated heterocycles. The molecule has 0 bridgehead atoms. The maximum atomic E-state index is 9.55. The van der Waals surface area contributed by atoms with Crippen LogP contribution in [0, 0.1) is 0 Å². The van der Waals surface area contributed by atoms with Crippen LogP contribution in [0.25, 0.3) is 0 Å². The summed E-state index contributed by atoms with van der Waals surface area (Å²) < 4.78 is 0. The zero-order valence-corrected chi connectivity index (χ0v) is 7.60. The van der Waals surface area contributed by atoms with Crippen LogP contribution >= 0.6 is 0 Å². The maximum absolute atomic E-state index is 9.55. The van der Waals surface area contributed by atoms with Crippen LogP contribution in [0.3, 0.4) is 0 Å². The molecule has 0 aromatic rings. The fourth-order valence-electron chi connectivity index (χ4n) is 0.143. The molecule has 3 N–H and O–H groups in total. The van der Waals surface area contributed by atoms with E-state index >= 15 is 0 Å². The van der Waals surface area contributed by atoms with Crippen LogP contribution < -0.4 is 0 Å². The van der Waals surface area contributed by atoms with Crippen molar-refractivity contribution in [2.24, 2.45) is 0 Å². The van der Waals surface area contributed by atoms with Crippen molar-refractivity contribution in [2.75, 3.05) is 0 Å². The van der Waals surface area contributed by atoms with Gasteiger partial charge in [0.2, 0.25) is 0 Å². The highest BCUT2D eigenvalue weighted by molar-refractivity contribution is 5.89. The number of aliphatic hydroxyl groups is 1. The van der Waals surface area contributed by atoms with E-state index in [1.807, 2.05) is 6.92 Å². The molecular weight excluding hydrogens is 176 g/mol. The van der Waals surface area contributed by atoms with Gasteiger partial charge in [-0.2, -0.15) is 0 Å². The highest BCUT2D eigenvalue weighted by Gasteiger charge is 1.88. The van der Waals surface area contributed by atoms with Crippen LogP contribution in [0.15, 0.2) is 12.2 Å². The van der Waals surface area contributed by atoms with Crippen molar-refractivity contribution in [1.29, 1.82) is 0 Å². The molecule has 0 rings (SSSR count). The second kappa shape index (κ2) is 8.73. The summed E-state index contributed by atoms with van der Waals surface area (Å²) in [6.07, 6.45) is 1.86. The molecule has 0 heterocycles. The van der Waals surface area contributed by atoms with Crippen LogP contribution in [0.5, 0.6) is 0 Å². The average molecular weight is 190 g/mol. The molecule has 0 aromatic heterocycles. The van der Waals surface area contributed by atoms with Gasteiger partial charge in [0.15, 0.2) is 0 Å². The Morgan fingerprint density at radius 3 is 1.54 bits per heavy atom. The van der Waals surface area contributed by atoms with Crippen molar-refractivity contribution in [3.63, 3.8) is 0 Å². The van der Waals surface area contributed by atoms with E-state index in [1.54, 1.807) is 6.92 Å². The van der Waals surface area contributed by atoms with E-state index in [0.717, 1.165) is 6.42 Å². The average Bonchev–Trinajstić information content (AvgIpc) is 2.02. The normalized spacial score (nSPS) is 11.6. The molecule has 0 aliphatic heterocycles. The Labute approximate surface area is 76.3 Å². The minimum absolute atomic E-state index is 0.116. The lowest BCUT2D eigenvalue weighted by atomic mass is 10.3. The van der Waals surface area contributed by atoms with E-state index in [-0.39, 0.29) is 6.10 Å². The molecule has 0 fully saturated rings. The topological polar surface area (TPSA) is 94.8 Å². The second-order valence-electron chi connectivity index (χ2n) is 2.27. The van der Waals surface area contributed by atoms with Gasteiger partial charge in [-0.1, -0.05) is 6.92 Å². The summed E-state index contributed by atoms with van der Waals surface area (Å²) in [5.74, 6) is -2.51. The predicted octanol–water partition coefficient (Wildman–Crippen LogP) is 0.489. The molecule has 1 unspecified atom stereocenters. The summed E-state index contributed by atoms with van der Waals surface area (Å²) in [5, 5.41) is 24.0. The molecule has 0 saturated carbocycles. The number of carbonyl (C=O) groups is 2. The lowest BCUT2D eigenvalue weighted by molar-refractivity contribution is -0.134. The Morgan fingerprint density at radius 1 is 1.23 bits per heavy atom. The molecule has 13 heavy (non-hydrogen) atoms. The van der Waals surface area contributed by atoms with Gasteiger partial charge in [0, 0.05) is 12.2 Å². The van der Waals surface area contributed by atoms with Crippen molar-refractivity contribution in [2.45, 2.75) is 26.4 Å². The summed E-state index contributed by atoms with van der Waals surface area (Å²) in [6.45, 7) is 3.73. The van der Waals surface area contributed by atoms with Crippen molar-refractivity contribution in [1.82, 2.24) is 0 Å². The van der Waals surface area contributed by atoms with Gasteiger partial charge in [0.25, 0.3) is 0 Å². The van der Waals surface area contributed by atoms with Gasteiger partial charge in [-0.05, 0) is 13.3 Å². The number of hydrogen-bond donors (Lipinski definition) is 3. The zero-order valence-electron chi connectivity index (χ0n) is 7.60. The monoisotopic (exact) mass is 190 g/mol. The third-order valence-electron chi connectivity index (χ3n) is 0.959. The van der Waals surface area contributed by atoms with Crippen LogP contribution in [0.1, 0.15) is 20.3 Å². The fraction of sp³-hybridized carbons (Fsp3) is 0.500. The van der Waals surface area contributed by atoms with Crippen molar-refractivity contribution >= 4 is 11.9 Å².